The number of aryl methyl sites for hydroxylation is 2. The molecule has 0 unspecified atom stereocenters. The Balaban J connectivity index is 1.32. The minimum Gasteiger partial charge on any atom is -0.384 e. The van der Waals surface area contributed by atoms with Crippen molar-refractivity contribution in [2.45, 2.75) is 32.5 Å². The summed E-state index contributed by atoms with van der Waals surface area (Å²) in [4.78, 5) is 26.5. The molecular formula is C35H33N7OS. The van der Waals surface area contributed by atoms with E-state index in [1.165, 1.54) is 4.88 Å². The van der Waals surface area contributed by atoms with Gasteiger partial charge in [0.1, 0.15) is 17.5 Å². The van der Waals surface area contributed by atoms with Gasteiger partial charge in [0.05, 0.1) is 24.1 Å². The van der Waals surface area contributed by atoms with Gasteiger partial charge >= 0.3 is 0 Å². The van der Waals surface area contributed by atoms with E-state index in [4.69, 9.17) is 21.9 Å². The van der Waals surface area contributed by atoms with Gasteiger partial charge in [0.2, 0.25) is 0 Å². The average molecular weight is 600 g/mol. The van der Waals surface area contributed by atoms with E-state index in [1.54, 1.807) is 22.4 Å². The average Bonchev–Trinajstić information content (AvgIpc) is 3.71. The zero-order chi connectivity index (χ0) is 30.5. The Labute approximate surface area is 260 Å². The summed E-state index contributed by atoms with van der Waals surface area (Å²) in [5.74, 6) is 1.45. The van der Waals surface area contributed by atoms with Crippen LogP contribution in [-0.4, -0.2) is 26.3 Å². The second kappa shape index (κ2) is 13.0. The lowest BCUT2D eigenvalue weighted by molar-refractivity contribution is 0.0984. The SMILES string of the molecule is N=C(N)c1ccc(CCc2nc3cc(C(=O)N(Cc4ccc(CN)cc4)c4ccccn4)ccc3n2Cc2cccs2)cc1. The molecule has 0 bridgehead atoms. The number of nitrogens with one attached hydrogen (secondary N) is 1. The standard InChI is InChI=1S/C35H33N7OS/c36-21-25-6-8-26(9-7-25)22-42(32-5-1-2-18-39-32)35(43)28-15-16-31-30(20-28)40-33(41(31)23-29-4-3-19-44-29)17-12-24-10-13-27(14-11-24)34(37)38/h1-11,13-16,18-20H,12,17,21-23,36H2,(H3,37,38). The predicted molar refractivity (Wildman–Crippen MR) is 177 cm³/mol. The molecule has 8 nitrogen and oxygen atoms in total. The molecule has 220 valence electrons. The molecule has 0 atom stereocenters. The second-order valence-corrected chi connectivity index (χ2v) is 11.6. The molecule has 0 aliphatic rings. The van der Waals surface area contributed by atoms with Crippen LogP contribution >= 0.6 is 11.3 Å². The predicted octanol–water partition coefficient (Wildman–Crippen LogP) is 5.92. The van der Waals surface area contributed by atoms with E-state index in [0.717, 1.165) is 46.4 Å². The number of aromatic nitrogens is 3. The number of pyridine rings is 1. The Morgan fingerprint density at radius 2 is 1.61 bits per heavy atom. The van der Waals surface area contributed by atoms with Gasteiger partial charge in [-0.05, 0) is 64.9 Å². The zero-order valence-electron chi connectivity index (χ0n) is 24.2. The Hall–Kier alpha value is -5.12. The Bertz CT molecular complexity index is 1880. The fourth-order valence-electron chi connectivity index (χ4n) is 5.23. The lowest BCUT2D eigenvalue weighted by atomic mass is 10.1. The van der Waals surface area contributed by atoms with E-state index >= 15 is 0 Å². The van der Waals surface area contributed by atoms with Crippen LogP contribution in [-0.2, 0) is 32.5 Å². The fraction of sp³-hybridized carbons (Fsp3) is 0.143. The Kier molecular flexibility index (Phi) is 8.58. The number of fused-ring (bicyclic) bond motifs is 1. The van der Waals surface area contributed by atoms with Crippen LogP contribution in [0.1, 0.15) is 43.3 Å². The van der Waals surface area contributed by atoms with Gasteiger partial charge in [-0.25, -0.2) is 9.97 Å². The minimum atomic E-state index is -0.145. The van der Waals surface area contributed by atoms with Gasteiger partial charge in [0.15, 0.2) is 0 Å². The first-order chi connectivity index (χ1) is 21.5. The number of amides is 1. The molecular weight excluding hydrogens is 567 g/mol. The largest absolute Gasteiger partial charge is 0.384 e. The molecule has 1 amide bonds. The molecule has 9 heteroatoms. The number of imidazole rings is 1. The highest BCUT2D eigenvalue weighted by Gasteiger charge is 2.21. The maximum Gasteiger partial charge on any atom is 0.259 e. The molecule has 0 aliphatic carbocycles. The first kappa shape index (κ1) is 29.0. The molecule has 6 rings (SSSR count). The lowest BCUT2D eigenvalue weighted by Gasteiger charge is -2.22. The van der Waals surface area contributed by atoms with Gasteiger partial charge in [-0.2, -0.15) is 0 Å². The van der Waals surface area contributed by atoms with Crippen molar-refractivity contribution in [2.75, 3.05) is 4.90 Å². The normalized spacial score (nSPS) is 11.1. The van der Waals surface area contributed by atoms with E-state index in [1.807, 2.05) is 84.9 Å². The number of hydrogen-bond donors (Lipinski definition) is 3. The molecule has 3 heterocycles. The highest BCUT2D eigenvalue weighted by Crippen LogP contribution is 2.25. The number of anilines is 1. The molecule has 0 spiro atoms. The molecule has 44 heavy (non-hydrogen) atoms. The maximum absolute atomic E-state index is 14.1. The number of thiophene rings is 1. The van der Waals surface area contributed by atoms with Gasteiger partial charge < -0.3 is 16.0 Å². The maximum atomic E-state index is 14.1. The van der Waals surface area contributed by atoms with Crippen molar-refractivity contribution in [3.05, 3.63) is 147 Å². The van der Waals surface area contributed by atoms with Crippen LogP contribution in [0, 0.1) is 5.41 Å². The summed E-state index contributed by atoms with van der Waals surface area (Å²) in [5.41, 5.74) is 17.6. The molecule has 0 saturated carbocycles. The molecule has 3 aromatic carbocycles. The number of amidine groups is 1. The van der Waals surface area contributed by atoms with E-state index in [2.05, 4.69) is 27.1 Å². The molecule has 6 aromatic rings. The first-order valence-electron chi connectivity index (χ1n) is 14.4. The second-order valence-electron chi connectivity index (χ2n) is 10.6. The summed E-state index contributed by atoms with van der Waals surface area (Å²) in [6.45, 7) is 1.55. The van der Waals surface area contributed by atoms with Crippen molar-refractivity contribution in [3.8, 4) is 0 Å². The van der Waals surface area contributed by atoms with E-state index in [9.17, 15) is 4.79 Å². The molecule has 0 aliphatic heterocycles. The Morgan fingerprint density at radius 3 is 2.30 bits per heavy atom. The van der Waals surface area contributed by atoms with E-state index in [-0.39, 0.29) is 11.7 Å². The van der Waals surface area contributed by atoms with E-state index < -0.39 is 0 Å². The van der Waals surface area contributed by atoms with Crippen molar-refractivity contribution in [3.63, 3.8) is 0 Å². The van der Waals surface area contributed by atoms with E-state index in [0.29, 0.717) is 36.6 Å². The molecule has 0 saturated heterocycles. The number of carbonyl (C=O) groups is 1. The minimum absolute atomic E-state index is 0.0609. The third kappa shape index (κ3) is 6.44. The number of nitrogens with two attached hydrogens (primary N) is 2. The third-order valence-electron chi connectivity index (χ3n) is 7.64. The number of nitrogen functional groups attached to an aromatic ring is 1. The monoisotopic (exact) mass is 599 g/mol. The van der Waals surface area contributed by atoms with Crippen LogP contribution in [0.25, 0.3) is 11.0 Å². The summed E-state index contributed by atoms with van der Waals surface area (Å²) < 4.78 is 2.24. The summed E-state index contributed by atoms with van der Waals surface area (Å²) in [6.07, 6.45) is 3.21. The van der Waals surface area contributed by atoms with Gasteiger partial charge in [0.25, 0.3) is 5.91 Å². The van der Waals surface area contributed by atoms with Gasteiger partial charge in [-0.3, -0.25) is 15.1 Å². The number of carbonyl (C=O) groups excluding carboxylic acids is 1. The summed E-state index contributed by atoms with van der Waals surface area (Å²) in [7, 11) is 0. The van der Waals surface area contributed by atoms with Crippen molar-refractivity contribution in [1.82, 2.24) is 14.5 Å². The van der Waals surface area contributed by atoms with Crippen LogP contribution in [0.2, 0.25) is 0 Å². The van der Waals surface area contributed by atoms with Crippen molar-refractivity contribution in [1.29, 1.82) is 5.41 Å². The number of hydrogen-bond acceptors (Lipinski definition) is 6. The molecule has 3 aromatic heterocycles. The quantitative estimate of drug-likeness (QED) is 0.126. The number of rotatable bonds is 11. The van der Waals surface area contributed by atoms with Gasteiger partial charge in [-0.1, -0.05) is 60.7 Å². The van der Waals surface area contributed by atoms with Gasteiger partial charge in [-0.15, -0.1) is 11.3 Å². The van der Waals surface area contributed by atoms with Crippen LogP contribution in [0.15, 0.2) is 109 Å². The van der Waals surface area contributed by atoms with Crippen molar-refractivity contribution < 1.29 is 4.79 Å². The van der Waals surface area contributed by atoms with Crippen molar-refractivity contribution >= 4 is 39.9 Å². The zero-order valence-corrected chi connectivity index (χ0v) is 25.0. The van der Waals surface area contributed by atoms with Crippen LogP contribution in [0.5, 0.6) is 0 Å². The lowest BCUT2D eigenvalue weighted by Crippen LogP contribution is -2.31. The first-order valence-corrected chi connectivity index (χ1v) is 15.3. The molecule has 0 radical (unpaired) electrons. The van der Waals surface area contributed by atoms with Crippen LogP contribution in [0.3, 0.4) is 0 Å². The third-order valence-corrected chi connectivity index (χ3v) is 8.50. The van der Waals surface area contributed by atoms with Gasteiger partial charge in [0, 0.05) is 35.2 Å². The summed E-state index contributed by atoms with van der Waals surface area (Å²) in [6, 6.07) is 31.3. The molecule has 5 N–H and O–H groups in total. The van der Waals surface area contributed by atoms with Crippen molar-refractivity contribution in [2.24, 2.45) is 11.5 Å². The van der Waals surface area contributed by atoms with Crippen LogP contribution in [0.4, 0.5) is 5.82 Å². The highest BCUT2D eigenvalue weighted by atomic mass is 32.1. The number of nitrogens with zero attached hydrogens (tertiary/aromatic N) is 4. The number of benzene rings is 3. The summed E-state index contributed by atoms with van der Waals surface area (Å²) in [5, 5.41) is 9.73. The topological polar surface area (TPSA) is 127 Å². The van der Waals surface area contributed by atoms with Crippen LogP contribution < -0.4 is 16.4 Å². The Morgan fingerprint density at radius 1 is 0.864 bits per heavy atom. The fourth-order valence-corrected chi connectivity index (χ4v) is 5.93. The summed E-state index contributed by atoms with van der Waals surface area (Å²) >= 11 is 1.71. The molecule has 0 fully saturated rings. The highest BCUT2D eigenvalue weighted by molar-refractivity contribution is 7.09. The smallest absolute Gasteiger partial charge is 0.259 e.